The van der Waals surface area contributed by atoms with Gasteiger partial charge in [-0.25, -0.2) is 25.1 Å². The van der Waals surface area contributed by atoms with Gasteiger partial charge in [-0.05, 0) is 302 Å². The van der Waals surface area contributed by atoms with Crippen LogP contribution >= 0.6 is 0 Å². The Balaban J connectivity index is 0.677. The average Bonchev–Trinajstić information content (AvgIpc) is 1.40. The molecule has 0 aliphatic heterocycles. The molecule has 0 radical (unpaired) electrons. The van der Waals surface area contributed by atoms with E-state index in [-0.39, 0.29) is 173 Å². The summed E-state index contributed by atoms with van der Waals surface area (Å²) in [5.41, 5.74) is -4.04. The Hall–Kier alpha value is -2.49. The van der Waals surface area contributed by atoms with E-state index in [1.54, 1.807) is 4.90 Å². The van der Waals surface area contributed by atoms with Gasteiger partial charge in [0.2, 0.25) is 17.7 Å². The van der Waals surface area contributed by atoms with E-state index in [9.17, 15) is 108 Å². The van der Waals surface area contributed by atoms with Gasteiger partial charge in [0.05, 0.1) is 54.9 Å². The fraction of sp³-hybridized carbons (Fsp3) is 0.962. The summed E-state index contributed by atoms with van der Waals surface area (Å²) in [7, 11) is -30.0. The van der Waals surface area contributed by atoms with Crippen molar-refractivity contribution in [3.63, 3.8) is 0 Å². The molecule has 0 aromatic carbocycles. The molecule has 33 atom stereocenters. The zero-order valence-electron chi connectivity index (χ0n) is 69.6. The summed E-state index contributed by atoms with van der Waals surface area (Å²) in [5.74, 6) is -5.34. The Kier molecular flexibility index (Phi) is 28.3. The molecular weight excluding hydrogens is 1660 g/mol. The largest absolute Gasteiger partial charge is 0.397 e. The lowest BCUT2D eigenvalue weighted by Crippen LogP contribution is -2.63. The first kappa shape index (κ1) is 94.6. The molecule has 0 unspecified atom stereocenters. The monoisotopic (exact) mass is 1800 g/mol. The third-order valence-electron chi connectivity index (χ3n) is 34.8. The van der Waals surface area contributed by atoms with Crippen LogP contribution in [0.5, 0.6) is 0 Å². The van der Waals surface area contributed by atoms with E-state index in [1.807, 2.05) is 41.5 Å². The zero-order valence-corrected chi connectivity index (χ0v) is 74.5. The second-order valence-corrected chi connectivity index (χ2v) is 46.5. The minimum absolute atomic E-state index is 0.0169. The summed E-state index contributed by atoms with van der Waals surface area (Å²) >= 11 is 0. The molecule has 0 spiro atoms. The molecule has 12 rings (SSSR count). The smallest absolute Gasteiger partial charge is 0.393 e. The molecule has 11 N–H and O–H groups in total. The molecule has 12 aliphatic carbocycles. The summed E-state index contributed by atoms with van der Waals surface area (Å²) in [4.78, 5) is 44.3. The van der Waals surface area contributed by atoms with E-state index in [4.69, 9.17) is 25.1 Å². The molecule has 0 bridgehead atoms. The molecule has 33 nitrogen and oxygen atoms in total. The summed E-state index contributed by atoms with van der Waals surface area (Å²) in [6.07, 6.45) is 3.37. The van der Waals surface area contributed by atoms with Gasteiger partial charge in [0.1, 0.15) is 0 Å². The van der Waals surface area contributed by atoms with Crippen LogP contribution in [0, 0.1) is 139 Å². The number of fused-ring (bicyclic) bond motifs is 15. The lowest BCUT2D eigenvalue weighted by molar-refractivity contribution is -0.207. The van der Waals surface area contributed by atoms with Crippen LogP contribution in [0.2, 0.25) is 0 Å². The van der Waals surface area contributed by atoms with Crippen LogP contribution in [0.3, 0.4) is 0 Å². The molecule has 0 aromatic heterocycles. The van der Waals surface area contributed by atoms with Crippen molar-refractivity contribution in [1.29, 1.82) is 0 Å². The Morgan fingerprint density at radius 2 is 0.754 bits per heavy atom. The van der Waals surface area contributed by atoms with E-state index < -0.39 is 192 Å². The van der Waals surface area contributed by atoms with Crippen molar-refractivity contribution >= 4 is 80.1 Å². The van der Waals surface area contributed by atoms with Crippen molar-refractivity contribution in [2.24, 2.45) is 139 Å². The molecule has 3 amide bonds. The lowest BCUT2D eigenvalue weighted by Gasteiger charge is -2.64. The highest BCUT2D eigenvalue weighted by Crippen LogP contribution is 2.74. The van der Waals surface area contributed by atoms with Gasteiger partial charge in [-0.3, -0.25) is 41.7 Å². The fourth-order valence-electron chi connectivity index (χ4n) is 29.4. The van der Waals surface area contributed by atoms with Crippen LogP contribution in [-0.4, -0.2) is 197 Å². The molecule has 118 heavy (non-hydrogen) atoms. The van der Waals surface area contributed by atoms with Crippen molar-refractivity contribution in [2.45, 2.75) is 310 Å². The third-order valence-corrected chi connectivity index (χ3v) is 37.8. The minimum atomic E-state index is -5.08. The number of rotatable bonds is 33. The van der Waals surface area contributed by atoms with Crippen LogP contribution in [0.25, 0.3) is 0 Å². The predicted molar refractivity (Wildman–Crippen MR) is 426 cm³/mol. The van der Waals surface area contributed by atoms with E-state index >= 15 is 0 Å². The third kappa shape index (κ3) is 19.9. The van der Waals surface area contributed by atoms with Crippen molar-refractivity contribution in [2.75, 3.05) is 26.2 Å². The average molecular weight is 1800 g/mol. The second-order valence-electron chi connectivity index (χ2n) is 40.2. The first-order valence-corrected chi connectivity index (χ1v) is 51.6. The van der Waals surface area contributed by atoms with E-state index in [2.05, 4.69) is 31.4 Å². The number of unbranched alkanes of at least 4 members (excludes halogenated alkanes) is 1. The Morgan fingerprint density at radius 1 is 0.390 bits per heavy atom. The van der Waals surface area contributed by atoms with E-state index in [0.29, 0.717) is 109 Å². The number of carbonyl (C=O) groups is 3. The van der Waals surface area contributed by atoms with Crippen molar-refractivity contribution in [1.82, 2.24) is 15.5 Å². The quantitative estimate of drug-likeness (QED) is 0.0215. The van der Waals surface area contributed by atoms with Crippen LogP contribution in [0.4, 0.5) is 0 Å². The number of nitrogens with one attached hydrogen (secondary N) is 2. The van der Waals surface area contributed by atoms with Gasteiger partial charge in [-0.2, -0.15) is 50.5 Å². The highest BCUT2D eigenvalue weighted by Gasteiger charge is 2.72. The van der Waals surface area contributed by atoms with Gasteiger partial charge in [-0.1, -0.05) is 62.3 Å². The second kappa shape index (κ2) is 35.3. The molecule has 0 heterocycles. The predicted octanol–water partition coefficient (Wildman–Crippen LogP) is 9.31. The SMILES string of the molecule is C[C@H](CCC(=O)N(CCCCNC(=O)CC[C@@H](C)[C@H]1CC[C@H]2[C@@H]3[C@H](OS(=O)(=O)O)C[C@@H]4C[C@H](OS(=O)(=O)O)CC[C@]4(C)[C@H]3C[C@H](OS(=O)(=O)O)[C@]12C)CCCNC(=O)CC[C@@H](C)[C@H]1CC[C@H]2[C@@H]3[C@H](OS(=O)(=O)O)C[C@@H]4C[C@H](OS(=O)(=O)O)CC[C@]4(C)[C@H]3C[C@H](OS(=O)(=O)O)[C@]12C)[C@H]1CC[C@H]2[C@@H]3[C@H](O)C[C@@H]4C[C@H](O)CC[C@]4(C)[C@H]3C[C@H](O)[C@]12C. The summed E-state index contributed by atoms with van der Waals surface area (Å²) in [6, 6.07) is 0. The number of aliphatic hydroxyl groups excluding tert-OH is 3. The van der Waals surface area contributed by atoms with Crippen molar-refractivity contribution < 1.29 is 133 Å². The highest BCUT2D eigenvalue weighted by molar-refractivity contribution is 7.82. The van der Waals surface area contributed by atoms with Gasteiger partial charge in [0, 0.05) is 56.3 Å². The van der Waals surface area contributed by atoms with Crippen LogP contribution in [-0.2, 0) is 102 Å². The van der Waals surface area contributed by atoms with Crippen molar-refractivity contribution in [3.05, 3.63) is 0 Å². The van der Waals surface area contributed by atoms with Gasteiger partial charge in [0.25, 0.3) is 0 Å². The number of amides is 3. The van der Waals surface area contributed by atoms with Crippen LogP contribution in [0.15, 0.2) is 0 Å². The number of aliphatic hydroxyl groups is 3. The minimum Gasteiger partial charge on any atom is -0.393 e. The van der Waals surface area contributed by atoms with Gasteiger partial charge in [0.15, 0.2) is 0 Å². The molecule has 39 heteroatoms. The number of hydrogen-bond acceptors (Lipinski definition) is 24. The van der Waals surface area contributed by atoms with Crippen LogP contribution < -0.4 is 10.6 Å². The standard InChI is InChI=1S/C79H133N3O30S6/c1-44(54-17-20-57-72-60(42-66(78(54,57)8)111-117(101,102)103)75(5)29-26-51(107-113(89,90)91)36-48(75)39-63(72)109-115(95,96)97)13-22-68(86)80-31-10-11-33-82(70(88)24-15-46(3)53-16-19-56-71-59(41-65(85)77(53,56)7)74(4)28-25-50(83)35-47(74)38-62(71)84)34-12-32-81-69(87)23-14-45(2)55-18-21-58-73-61(43-67(79(55,58)9)112-118(104,105)106)76(6)30-27-52(108-114(92,93)94)37-49(76)40-64(73)110-116(98,99)100/h44-67,71-73,83-85H,10-43H2,1-9H3,(H,80,86)(H,81,87)(H,89,90,91)(H,92,93,94)(H,95,96,97)(H,98,99,100)(H,101,102,103)(H,104,105,106)/t44-,45-,46-,47+,48+,49+,50-,51-,52-,53-,54-,55-,56+,57+,58+,59+,60+,61+,62-,63-,64-,65+,66+,67+,71+,72+,73+,74+,75+,76+,77-,78-,79-/m1/s1. The summed E-state index contributed by atoms with van der Waals surface area (Å²) in [6.45, 7) is 19.2. The maximum atomic E-state index is 14.8. The number of nitrogens with zero attached hydrogens (tertiary/aromatic N) is 1. The van der Waals surface area contributed by atoms with E-state index in [1.165, 1.54) is 0 Å². The maximum Gasteiger partial charge on any atom is 0.397 e. The van der Waals surface area contributed by atoms with Crippen LogP contribution in [0.1, 0.15) is 255 Å². The first-order valence-electron chi connectivity index (χ1n) is 43.4. The van der Waals surface area contributed by atoms with E-state index in [0.717, 1.165) is 19.3 Å². The number of carbonyl (C=O) groups excluding carboxylic acids is 3. The Bertz CT molecular complexity index is 4340. The Labute approximate surface area is 699 Å². The van der Waals surface area contributed by atoms with Gasteiger partial charge in [-0.15, -0.1) is 0 Å². The molecule has 680 valence electrons. The van der Waals surface area contributed by atoms with Gasteiger partial charge < -0.3 is 30.9 Å². The molecule has 0 aromatic rings. The lowest BCUT2D eigenvalue weighted by atomic mass is 9.43. The maximum absolute atomic E-state index is 14.8. The topological polar surface area (TPSA) is 521 Å². The normalized spacial score (nSPS) is 43.2. The molecule has 0 saturated heterocycles. The molecule has 12 fully saturated rings. The zero-order chi connectivity index (χ0) is 86.6. The summed E-state index contributed by atoms with van der Waals surface area (Å²) < 4.78 is 241. The Morgan fingerprint density at radius 3 is 1.18 bits per heavy atom. The molecular formula is C79H133N3O30S6. The molecule has 12 aliphatic rings. The number of hydrogen-bond donors (Lipinski definition) is 11. The van der Waals surface area contributed by atoms with Crippen molar-refractivity contribution in [3.8, 4) is 0 Å². The first-order chi connectivity index (χ1) is 54.6. The fourth-order valence-corrected chi connectivity index (χ4v) is 32.6. The summed E-state index contributed by atoms with van der Waals surface area (Å²) in [5, 5.41) is 41.1. The highest BCUT2D eigenvalue weighted by atomic mass is 32.3. The molecule has 12 saturated carbocycles. The van der Waals surface area contributed by atoms with Gasteiger partial charge >= 0.3 is 62.4 Å².